The maximum atomic E-state index is 11.2. The highest BCUT2D eigenvalue weighted by molar-refractivity contribution is 5.49. The number of hydrogen-bond acceptors (Lipinski definition) is 1. The minimum absolute atomic E-state index is 0.449. The highest BCUT2D eigenvalue weighted by Gasteiger charge is 2.33. The Morgan fingerprint density at radius 1 is 1.18 bits per heavy atom. The van der Waals surface area contributed by atoms with Gasteiger partial charge in [0.15, 0.2) is 0 Å². The summed E-state index contributed by atoms with van der Waals surface area (Å²) in [5.41, 5.74) is 3.01. The first-order chi connectivity index (χ1) is 8.40. The second-order valence-electron chi connectivity index (χ2n) is 5.25. The molecule has 0 N–H and O–H groups in total. The van der Waals surface area contributed by atoms with Gasteiger partial charge < -0.3 is 4.90 Å². The van der Waals surface area contributed by atoms with Gasteiger partial charge in [-0.15, -0.1) is 0 Å². The SMILES string of the molecule is O=CN1CCC[C@H]2c3ccccc3CCC[C@@H]21. The minimum atomic E-state index is 0.449. The normalized spacial score (nSPS) is 27.9. The number of nitrogens with zero attached hydrogens (tertiary/aromatic N) is 1. The van der Waals surface area contributed by atoms with Gasteiger partial charge in [-0.05, 0) is 43.2 Å². The van der Waals surface area contributed by atoms with Gasteiger partial charge >= 0.3 is 0 Å². The molecule has 1 aliphatic heterocycles. The lowest BCUT2D eigenvalue weighted by molar-refractivity contribution is -0.122. The Labute approximate surface area is 103 Å². The van der Waals surface area contributed by atoms with E-state index in [1.165, 1.54) is 30.4 Å². The molecule has 2 atom stereocenters. The molecule has 3 rings (SSSR count). The van der Waals surface area contributed by atoms with Crippen molar-refractivity contribution in [3.8, 4) is 0 Å². The van der Waals surface area contributed by atoms with E-state index in [-0.39, 0.29) is 0 Å². The van der Waals surface area contributed by atoms with Crippen LogP contribution in [0, 0.1) is 0 Å². The number of carbonyl (C=O) groups excluding carboxylic acids is 1. The fraction of sp³-hybridized carbons (Fsp3) is 0.533. The molecular formula is C15H19NO. The molecule has 90 valence electrons. The molecule has 0 spiro atoms. The number of amides is 1. The minimum Gasteiger partial charge on any atom is -0.342 e. The monoisotopic (exact) mass is 229 g/mol. The van der Waals surface area contributed by atoms with Crippen molar-refractivity contribution in [2.45, 2.75) is 44.1 Å². The number of aryl methyl sites for hydroxylation is 1. The van der Waals surface area contributed by atoms with E-state index in [1.807, 2.05) is 4.90 Å². The Kier molecular flexibility index (Phi) is 2.87. The smallest absolute Gasteiger partial charge is 0.209 e. The number of fused-ring (bicyclic) bond motifs is 3. The first-order valence-electron chi connectivity index (χ1n) is 6.69. The summed E-state index contributed by atoms with van der Waals surface area (Å²) in [6, 6.07) is 9.26. The van der Waals surface area contributed by atoms with Crippen LogP contribution in [0.5, 0.6) is 0 Å². The average Bonchev–Trinajstić information content (AvgIpc) is 2.58. The van der Waals surface area contributed by atoms with Crippen LogP contribution < -0.4 is 0 Å². The van der Waals surface area contributed by atoms with Crippen molar-refractivity contribution in [1.29, 1.82) is 0 Å². The van der Waals surface area contributed by atoms with Crippen LogP contribution in [-0.4, -0.2) is 23.9 Å². The van der Waals surface area contributed by atoms with E-state index >= 15 is 0 Å². The quantitative estimate of drug-likeness (QED) is 0.678. The van der Waals surface area contributed by atoms with E-state index in [9.17, 15) is 4.79 Å². The molecule has 2 nitrogen and oxygen atoms in total. The number of rotatable bonds is 1. The lowest BCUT2D eigenvalue weighted by Crippen LogP contribution is -2.42. The van der Waals surface area contributed by atoms with Gasteiger partial charge in [0.1, 0.15) is 0 Å². The number of carbonyl (C=O) groups is 1. The zero-order valence-corrected chi connectivity index (χ0v) is 10.1. The first kappa shape index (κ1) is 10.8. The van der Waals surface area contributed by atoms with Gasteiger partial charge in [-0.2, -0.15) is 0 Å². The maximum absolute atomic E-state index is 11.2. The van der Waals surface area contributed by atoms with Crippen LogP contribution in [0.25, 0.3) is 0 Å². The van der Waals surface area contributed by atoms with E-state index in [2.05, 4.69) is 24.3 Å². The highest BCUT2D eigenvalue weighted by atomic mass is 16.1. The molecule has 2 aliphatic rings. The molecule has 1 amide bonds. The fourth-order valence-corrected chi connectivity index (χ4v) is 3.57. The van der Waals surface area contributed by atoms with Gasteiger partial charge in [0, 0.05) is 18.5 Å². The van der Waals surface area contributed by atoms with Gasteiger partial charge in [-0.25, -0.2) is 0 Å². The Bertz CT molecular complexity index is 415. The molecule has 1 heterocycles. The summed E-state index contributed by atoms with van der Waals surface area (Å²) in [4.78, 5) is 13.2. The lowest BCUT2D eigenvalue weighted by atomic mass is 9.82. The third-order valence-corrected chi connectivity index (χ3v) is 4.36. The van der Waals surface area contributed by atoms with E-state index in [0.29, 0.717) is 12.0 Å². The molecule has 0 unspecified atom stereocenters. The Morgan fingerprint density at radius 2 is 2.06 bits per heavy atom. The van der Waals surface area contributed by atoms with Gasteiger partial charge in [0.25, 0.3) is 0 Å². The Morgan fingerprint density at radius 3 is 2.94 bits per heavy atom. The molecule has 0 aromatic heterocycles. The third kappa shape index (κ3) is 1.86. The Hall–Kier alpha value is -1.31. The second kappa shape index (κ2) is 4.52. The Balaban J connectivity index is 1.99. The molecule has 17 heavy (non-hydrogen) atoms. The van der Waals surface area contributed by atoms with E-state index < -0.39 is 0 Å². The first-order valence-corrected chi connectivity index (χ1v) is 6.69. The number of likely N-dealkylation sites (tertiary alicyclic amines) is 1. The van der Waals surface area contributed by atoms with Crippen LogP contribution in [0.2, 0.25) is 0 Å². The van der Waals surface area contributed by atoms with Crippen molar-refractivity contribution >= 4 is 6.41 Å². The maximum Gasteiger partial charge on any atom is 0.209 e. The molecule has 0 saturated carbocycles. The number of hydrogen-bond donors (Lipinski definition) is 0. The zero-order chi connectivity index (χ0) is 11.7. The summed E-state index contributed by atoms with van der Waals surface area (Å²) in [5, 5.41) is 0. The third-order valence-electron chi connectivity index (χ3n) is 4.36. The molecular weight excluding hydrogens is 210 g/mol. The van der Waals surface area contributed by atoms with Gasteiger partial charge in [0.2, 0.25) is 6.41 Å². The van der Waals surface area contributed by atoms with Gasteiger partial charge in [0.05, 0.1) is 0 Å². The summed E-state index contributed by atoms with van der Waals surface area (Å²) < 4.78 is 0. The van der Waals surface area contributed by atoms with Crippen molar-refractivity contribution in [3.05, 3.63) is 35.4 Å². The molecule has 1 saturated heterocycles. The summed E-state index contributed by atoms with van der Waals surface area (Å²) in [6.07, 6.45) is 7.00. The van der Waals surface area contributed by atoms with Crippen LogP contribution in [0.3, 0.4) is 0 Å². The number of benzene rings is 1. The van der Waals surface area contributed by atoms with Crippen molar-refractivity contribution < 1.29 is 4.79 Å². The highest BCUT2D eigenvalue weighted by Crippen LogP contribution is 2.38. The second-order valence-corrected chi connectivity index (χ2v) is 5.25. The molecule has 1 aliphatic carbocycles. The average molecular weight is 229 g/mol. The van der Waals surface area contributed by atoms with Crippen LogP contribution in [0.15, 0.2) is 24.3 Å². The number of piperidine rings is 1. The summed E-state index contributed by atoms with van der Waals surface area (Å²) >= 11 is 0. The van der Waals surface area contributed by atoms with Crippen LogP contribution in [0.1, 0.15) is 42.7 Å². The molecule has 1 aromatic carbocycles. The molecule has 2 heteroatoms. The van der Waals surface area contributed by atoms with Crippen molar-refractivity contribution in [1.82, 2.24) is 4.90 Å². The summed E-state index contributed by atoms with van der Waals surface area (Å²) in [7, 11) is 0. The predicted octanol–water partition coefficient (Wildman–Crippen LogP) is 2.73. The van der Waals surface area contributed by atoms with Crippen molar-refractivity contribution in [3.63, 3.8) is 0 Å². The van der Waals surface area contributed by atoms with Crippen LogP contribution in [-0.2, 0) is 11.2 Å². The van der Waals surface area contributed by atoms with Crippen molar-refractivity contribution in [2.75, 3.05) is 6.54 Å². The standard InChI is InChI=1S/C15H19NO/c17-11-16-10-4-8-14-13-7-2-1-5-12(13)6-3-9-15(14)16/h1-2,5,7,11,14-15H,3-4,6,8-10H2/t14-,15-/m0/s1. The summed E-state index contributed by atoms with van der Waals surface area (Å²) in [5.74, 6) is 0.577. The van der Waals surface area contributed by atoms with E-state index in [4.69, 9.17) is 0 Å². The van der Waals surface area contributed by atoms with E-state index in [1.54, 1.807) is 0 Å². The zero-order valence-electron chi connectivity index (χ0n) is 10.1. The van der Waals surface area contributed by atoms with Crippen LogP contribution >= 0.6 is 0 Å². The topological polar surface area (TPSA) is 20.3 Å². The molecule has 0 bridgehead atoms. The van der Waals surface area contributed by atoms with Gasteiger partial charge in [-0.1, -0.05) is 24.3 Å². The molecule has 1 aromatic rings. The summed E-state index contributed by atoms with van der Waals surface area (Å²) in [6.45, 7) is 0.951. The van der Waals surface area contributed by atoms with E-state index in [0.717, 1.165) is 25.8 Å². The predicted molar refractivity (Wildman–Crippen MR) is 67.9 cm³/mol. The van der Waals surface area contributed by atoms with Crippen molar-refractivity contribution in [2.24, 2.45) is 0 Å². The molecule has 1 fully saturated rings. The fourth-order valence-electron chi connectivity index (χ4n) is 3.57. The van der Waals surface area contributed by atoms with Crippen LogP contribution in [0.4, 0.5) is 0 Å². The lowest BCUT2D eigenvalue weighted by Gasteiger charge is -2.39. The largest absolute Gasteiger partial charge is 0.342 e. The molecule has 0 radical (unpaired) electrons. The van der Waals surface area contributed by atoms with Gasteiger partial charge in [-0.3, -0.25) is 4.79 Å².